The molecule has 2 rings (SSSR count). The number of hydrogen-bond acceptors (Lipinski definition) is 3. The molecule has 0 amide bonds. The lowest BCUT2D eigenvalue weighted by molar-refractivity contribution is 0.810. The third-order valence-corrected chi connectivity index (χ3v) is 2.98. The summed E-state index contributed by atoms with van der Waals surface area (Å²) in [7, 11) is 0. The number of aromatic nitrogens is 1. The predicted molar refractivity (Wildman–Crippen MR) is 76.6 cm³/mol. The van der Waals surface area contributed by atoms with Crippen LogP contribution in [0, 0.1) is 6.92 Å². The molecule has 0 saturated carbocycles. The van der Waals surface area contributed by atoms with Gasteiger partial charge < -0.3 is 10.6 Å². The highest BCUT2D eigenvalue weighted by Gasteiger charge is 2.05. The van der Waals surface area contributed by atoms with Crippen molar-refractivity contribution in [2.24, 2.45) is 0 Å². The van der Waals surface area contributed by atoms with E-state index in [9.17, 15) is 0 Å². The first-order valence-electron chi connectivity index (χ1n) is 6.21. The van der Waals surface area contributed by atoms with Crippen LogP contribution in [0.15, 0.2) is 42.6 Å². The summed E-state index contributed by atoms with van der Waals surface area (Å²) in [5.74, 6) is 0. The molecule has 1 heterocycles. The molecule has 0 aliphatic heterocycles. The van der Waals surface area contributed by atoms with Crippen LogP contribution in [0.3, 0.4) is 0 Å². The molecule has 0 aliphatic rings. The molecule has 0 aliphatic carbocycles. The maximum atomic E-state index is 5.64. The molecular weight excluding hydrogens is 222 g/mol. The zero-order valence-corrected chi connectivity index (χ0v) is 10.9. The van der Waals surface area contributed by atoms with Crippen molar-refractivity contribution in [2.75, 3.05) is 17.2 Å². The lowest BCUT2D eigenvalue weighted by Crippen LogP contribution is -2.22. The van der Waals surface area contributed by atoms with Gasteiger partial charge in [0.25, 0.3) is 0 Å². The van der Waals surface area contributed by atoms with Gasteiger partial charge in [0.15, 0.2) is 0 Å². The van der Waals surface area contributed by atoms with E-state index in [4.69, 9.17) is 5.73 Å². The van der Waals surface area contributed by atoms with Gasteiger partial charge in [-0.2, -0.15) is 0 Å². The number of rotatable bonds is 4. The molecule has 0 unspecified atom stereocenters. The number of hydrogen-bond donors (Lipinski definition) is 1. The van der Waals surface area contributed by atoms with Gasteiger partial charge in [0.2, 0.25) is 0 Å². The number of nitrogens with zero attached hydrogens (tertiary/aromatic N) is 2. The van der Waals surface area contributed by atoms with Gasteiger partial charge in [0, 0.05) is 12.2 Å². The SMILES string of the molecule is CCN(Cc1ccc(N)cn1)c1ccc(C)cc1. The Morgan fingerprint density at radius 3 is 2.39 bits per heavy atom. The smallest absolute Gasteiger partial charge is 0.0601 e. The van der Waals surface area contributed by atoms with E-state index in [1.54, 1.807) is 6.20 Å². The van der Waals surface area contributed by atoms with E-state index in [1.165, 1.54) is 11.3 Å². The van der Waals surface area contributed by atoms with E-state index in [-0.39, 0.29) is 0 Å². The van der Waals surface area contributed by atoms with Gasteiger partial charge >= 0.3 is 0 Å². The molecule has 0 spiro atoms. The van der Waals surface area contributed by atoms with E-state index < -0.39 is 0 Å². The molecule has 0 radical (unpaired) electrons. The maximum absolute atomic E-state index is 5.64. The molecule has 2 N–H and O–H groups in total. The van der Waals surface area contributed by atoms with Crippen LogP contribution in [-0.2, 0) is 6.54 Å². The van der Waals surface area contributed by atoms with E-state index in [0.29, 0.717) is 5.69 Å². The fraction of sp³-hybridized carbons (Fsp3) is 0.267. The first kappa shape index (κ1) is 12.4. The van der Waals surface area contributed by atoms with Crippen LogP contribution in [0.5, 0.6) is 0 Å². The van der Waals surface area contributed by atoms with Crippen molar-refractivity contribution >= 4 is 11.4 Å². The standard InChI is InChI=1S/C15H19N3/c1-3-18(15-8-4-12(2)5-9-15)11-14-7-6-13(16)10-17-14/h4-10H,3,11,16H2,1-2H3. The lowest BCUT2D eigenvalue weighted by atomic mass is 10.2. The summed E-state index contributed by atoms with van der Waals surface area (Å²) >= 11 is 0. The number of nitrogen functional groups attached to an aromatic ring is 1. The Bertz CT molecular complexity index is 488. The van der Waals surface area contributed by atoms with Crippen LogP contribution in [0.25, 0.3) is 0 Å². The molecular formula is C15H19N3. The Hall–Kier alpha value is -2.03. The van der Waals surface area contributed by atoms with E-state index in [0.717, 1.165) is 18.8 Å². The summed E-state index contributed by atoms with van der Waals surface area (Å²) < 4.78 is 0. The number of anilines is 2. The number of pyridine rings is 1. The quantitative estimate of drug-likeness (QED) is 0.894. The lowest BCUT2D eigenvalue weighted by Gasteiger charge is -2.22. The van der Waals surface area contributed by atoms with Crippen molar-refractivity contribution in [1.29, 1.82) is 0 Å². The minimum Gasteiger partial charge on any atom is -0.397 e. The summed E-state index contributed by atoms with van der Waals surface area (Å²) in [6.07, 6.45) is 1.71. The van der Waals surface area contributed by atoms with Crippen LogP contribution in [0.1, 0.15) is 18.2 Å². The first-order chi connectivity index (χ1) is 8.69. The van der Waals surface area contributed by atoms with Crippen molar-refractivity contribution in [3.05, 3.63) is 53.9 Å². The molecule has 1 aromatic carbocycles. The van der Waals surface area contributed by atoms with Crippen molar-refractivity contribution in [3.63, 3.8) is 0 Å². The molecule has 2 aromatic rings. The normalized spacial score (nSPS) is 10.3. The fourth-order valence-corrected chi connectivity index (χ4v) is 1.87. The maximum Gasteiger partial charge on any atom is 0.0601 e. The van der Waals surface area contributed by atoms with Gasteiger partial charge in [0.05, 0.1) is 24.1 Å². The average Bonchev–Trinajstić information content (AvgIpc) is 2.39. The van der Waals surface area contributed by atoms with Gasteiger partial charge in [-0.15, -0.1) is 0 Å². The first-order valence-corrected chi connectivity index (χ1v) is 6.21. The minimum atomic E-state index is 0.706. The minimum absolute atomic E-state index is 0.706. The number of benzene rings is 1. The van der Waals surface area contributed by atoms with Crippen LogP contribution >= 0.6 is 0 Å². The Balaban J connectivity index is 2.14. The molecule has 18 heavy (non-hydrogen) atoms. The second-order valence-corrected chi connectivity index (χ2v) is 4.43. The highest BCUT2D eigenvalue weighted by molar-refractivity contribution is 5.48. The van der Waals surface area contributed by atoms with Crippen molar-refractivity contribution in [1.82, 2.24) is 4.98 Å². The largest absolute Gasteiger partial charge is 0.397 e. The van der Waals surface area contributed by atoms with Crippen LogP contribution < -0.4 is 10.6 Å². The Morgan fingerprint density at radius 2 is 1.83 bits per heavy atom. The monoisotopic (exact) mass is 241 g/mol. The Labute approximate surface area is 108 Å². The molecule has 3 heteroatoms. The highest BCUT2D eigenvalue weighted by atomic mass is 15.1. The molecule has 0 saturated heterocycles. The van der Waals surface area contributed by atoms with Crippen molar-refractivity contribution < 1.29 is 0 Å². The number of nitrogens with two attached hydrogens (primary N) is 1. The topological polar surface area (TPSA) is 42.1 Å². The molecule has 1 aromatic heterocycles. The van der Waals surface area contributed by atoms with E-state index in [2.05, 4.69) is 48.0 Å². The van der Waals surface area contributed by atoms with Gasteiger partial charge in [-0.25, -0.2) is 0 Å². The summed E-state index contributed by atoms with van der Waals surface area (Å²) in [6.45, 7) is 6.01. The van der Waals surface area contributed by atoms with Gasteiger partial charge in [-0.05, 0) is 38.1 Å². The summed E-state index contributed by atoms with van der Waals surface area (Å²) in [5, 5.41) is 0. The van der Waals surface area contributed by atoms with Crippen LogP contribution in [0.4, 0.5) is 11.4 Å². The molecule has 0 atom stereocenters. The van der Waals surface area contributed by atoms with Gasteiger partial charge in [-0.1, -0.05) is 17.7 Å². The summed E-state index contributed by atoms with van der Waals surface area (Å²) in [5.41, 5.74) is 9.88. The molecule has 0 fully saturated rings. The highest BCUT2D eigenvalue weighted by Crippen LogP contribution is 2.17. The third kappa shape index (κ3) is 3.00. The second-order valence-electron chi connectivity index (χ2n) is 4.43. The third-order valence-electron chi connectivity index (χ3n) is 2.98. The zero-order chi connectivity index (χ0) is 13.0. The predicted octanol–water partition coefficient (Wildman–Crippen LogP) is 3.00. The van der Waals surface area contributed by atoms with Crippen molar-refractivity contribution in [3.8, 4) is 0 Å². The second kappa shape index (κ2) is 5.54. The molecule has 3 nitrogen and oxygen atoms in total. The van der Waals surface area contributed by atoms with E-state index in [1.807, 2.05) is 12.1 Å². The van der Waals surface area contributed by atoms with Gasteiger partial charge in [-0.3, -0.25) is 4.98 Å². The van der Waals surface area contributed by atoms with Crippen LogP contribution in [0.2, 0.25) is 0 Å². The Morgan fingerprint density at radius 1 is 1.11 bits per heavy atom. The fourth-order valence-electron chi connectivity index (χ4n) is 1.87. The molecule has 94 valence electrons. The summed E-state index contributed by atoms with van der Waals surface area (Å²) in [4.78, 5) is 6.63. The zero-order valence-electron chi connectivity index (χ0n) is 10.9. The van der Waals surface area contributed by atoms with Gasteiger partial charge in [0.1, 0.15) is 0 Å². The van der Waals surface area contributed by atoms with E-state index >= 15 is 0 Å². The van der Waals surface area contributed by atoms with Crippen LogP contribution in [-0.4, -0.2) is 11.5 Å². The summed E-state index contributed by atoms with van der Waals surface area (Å²) in [6, 6.07) is 12.4. The van der Waals surface area contributed by atoms with Crippen molar-refractivity contribution in [2.45, 2.75) is 20.4 Å². The number of aryl methyl sites for hydroxylation is 1. The average molecular weight is 241 g/mol. The molecule has 0 bridgehead atoms. The Kier molecular flexibility index (Phi) is 3.82.